The summed E-state index contributed by atoms with van der Waals surface area (Å²) >= 11 is 0. The highest BCUT2D eigenvalue weighted by molar-refractivity contribution is 7.89. The van der Waals surface area contributed by atoms with Crippen LogP contribution < -0.4 is 0 Å². The van der Waals surface area contributed by atoms with E-state index in [1.807, 2.05) is 19.1 Å². The molecule has 21 heavy (non-hydrogen) atoms. The second-order valence-corrected chi connectivity index (χ2v) is 6.06. The van der Waals surface area contributed by atoms with Crippen LogP contribution in [0.4, 0.5) is 0 Å². The monoisotopic (exact) mass is 299 g/mol. The van der Waals surface area contributed by atoms with Gasteiger partial charge in [0.25, 0.3) is 0 Å². The topological polar surface area (TPSA) is 50.2 Å². The van der Waals surface area contributed by atoms with Crippen molar-refractivity contribution in [3.63, 3.8) is 0 Å². The van der Waals surface area contributed by atoms with E-state index in [2.05, 4.69) is 11.6 Å². The van der Waals surface area contributed by atoms with Crippen molar-refractivity contribution >= 4 is 10.8 Å². The first-order valence-electron chi connectivity index (χ1n) is 6.52. The zero-order valence-electron chi connectivity index (χ0n) is 11.8. The van der Waals surface area contributed by atoms with E-state index >= 15 is 0 Å². The number of benzene rings is 1. The first-order valence-corrected chi connectivity index (χ1v) is 7.67. The molecule has 2 rings (SSSR count). The minimum Gasteiger partial charge on any atom is -0.383 e. The summed E-state index contributed by atoms with van der Waals surface area (Å²) in [5, 5.41) is 10.4. The van der Waals surface area contributed by atoms with Crippen LogP contribution in [0.2, 0.25) is 0 Å². The van der Waals surface area contributed by atoms with Crippen LogP contribution in [0.5, 0.6) is 0 Å². The third kappa shape index (κ3) is 3.74. The number of hydrogen-bond donors (Lipinski definition) is 1. The van der Waals surface area contributed by atoms with Crippen molar-refractivity contribution in [1.82, 2.24) is 4.98 Å². The Morgan fingerprint density at radius 3 is 2.62 bits per heavy atom. The molecule has 0 bridgehead atoms. The maximum absolute atomic E-state index is 12.7. The standard InChI is InChI=1S/C17H17NO2S/c1-3-5-16(17(19)14-6-4-11-18-12-14)21(20)15-9-7-13(2)8-10-15/h3-12,17,19H,1H2,2H3/b16-5+/t17-,21-/m0/s1. The lowest BCUT2D eigenvalue weighted by Crippen LogP contribution is -2.08. The van der Waals surface area contributed by atoms with Crippen molar-refractivity contribution in [3.05, 3.63) is 83.6 Å². The molecule has 1 N–H and O–H groups in total. The van der Waals surface area contributed by atoms with E-state index in [0.717, 1.165) is 5.56 Å². The van der Waals surface area contributed by atoms with Gasteiger partial charge in [-0.2, -0.15) is 0 Å². The van der Waals surface area contributed by atoms with Crippen LogP contribution in [-0.2, 0) is 10.8 Å². The highest BCUT2D eigenvalue weighted by Gasteiger charge is 2.20. The molecule has 1 heterocycles. The summed E-state index contributed by atoms with van der Waals surface area (Å²) in [6, 6.07) is 10.9. The molecule has 1 aromatic carbocycles. The van der Waals surface area contributed by atoms with Gasteiger partial charge in [0.2, 0.25) is 0 Å². The maximum Gasteiger partial charge on any atom is 0.114 e. The molecule has 2 aromatic rings. The van der Waals surface area contributed by atoms with Crippen LogP contribution in [0.3, 0.4) is 0 Å². The Labute approximate surface area is 127 Å². The molecular weight excluding hydrogens is 282 g/mol. The number of allylic oxidation sites excluding steroid dienone is 2. The highest BCUT2D eigenvalue weighted by atomic mass is 32.2. The van der Waals surface area contributed by atoms with Gasteiger partial charge in [0.05, 0.1) is 15.7 Å². The van der Waals surface area contributed by atoms with E-state index in [4.69, 9.17) is 0 Å². The Hall–Kier alpha value is -2.04. The molecule has 0 spiro atoms. The second-order valence-electron chi connectivity index (χ2n) is 4.58. The molecule has 0 unspecified atom stereocenters. The van der Waals surface area contributed by atoms with Gasteiger partial charge < -0.3 is 5.11 Å². The Bertz CT molecular complexity index is 663. The lowest BCUT2D eigenvalue weighted by atomic mass is 10.1. The molecule has 0 aliphatic heterocycles. The molecule has 0 saturated carbocycles. The van der Waals surface area contributed by atoms with Crippen molar-refractivity contribution < 1.29 is 9.32 Å². The van der Waals surface area contributed by atoms with Crippen LogP contribution in [0.1, 0.15) is 17.2 Å². The highest BCUT2D eigenvalue weighted by Crippen LogP contribution is 2.27. The summed E-state index contributed by atoms with van der Waals surface area (Å²) in [5.41, 5.74) is 1.70. The van der Waals surface area contributed by atoms with Gasteiger partial charge in [-0.15, -0.1) is 0 Å². The number of pyridine rings is 1. The molecule has 0 aliphatic carbocycles. The van der Waals surface area contributed by atoms with Gasteiger partial charge in [-0.3, -0.25) is 4.98 Å². The van der Waals surface area contributed by atoms with E-state index < -0.39 is 16.9 Å². The fourth-order valence-electron chi connectivity index (χ4n) is 1.87. The predicted octanol–water partition coefficient (Wildman–Crippen LogP) is 3.30. The van der Waals surface area contributed by atoms with Crippen LogP contribution in [-0.4, -0.2) is 14.3 Å². The fourth-order valence-corrected chi connectivity index (χ4v) is 3.08. The van der Waals surface area contributed by atoms with Crippen LogP contribution >= 0.6 is 0 Å². The predicted molar refractivity (Wildman–Crippen MR) is 85.1 cm³/mol. The van der Waals surface area contributed by atoms with Crippen molar-refractivity contribution in [2.24, 2.45) is 0 Å². The SMILES string of the molecule is C=C/C=C(\[C@@H](O)c1cccnc1)[S@@](=O)c1ccc(C)cc1. The third-order valence-electron chi connectivity index (χ3n) is 3.00. The summed E-state index contributed by atoms with van der Waals surface area (Å²) in [7, 11) is -1.45. The molecule has 0 amide bonds. The average Bonchev–Trinajstić information content (AvgIpc) is 2.53. The van der Waals surface area contributed by atoms with E-state index in [1.165, 1.54) is 6.08 Å². The van der Waals surface area contributed by atoms with Gasteiger partial charge in [0, 0.05) is 22.9 Å². The lowest BCUT2D eigenvalue weighted by Gasteiger charge is -2.14. The van der Waals surface area contributed by atoms with Gasteiger partial charge in [-0.05, 0) is 31.2 Å². The Morgan fingerprint density at radius 2 is 2.05 bits per heavy atom. The Kier molecular flexibility index (Phi) is 5.20. The largest absolute Gasteiger partial charge is 0.383 e. The summed E-state index contributed by atoms with van der Waals surface area (Å²) in [4.78, 5) is 5.02. The van der Waals surface area contributed by atoms with E-state index in [-0.39, 0.29) is 0 Å². The summed E-state index contributed by atoms with van der Waals surface area (Å²) in [6.07, 6.45) is 5.34. The molecule has 108 valence electrons. The van der Waals surface area contributed by atoms with Gasteiger partial charge in [0.15, 0.2) is 0 Å². The molecule has 1 aromatic heterocycles. The molecule has 0 saturated heterocycles. The summed E-state index contributed by atoms with van der Waals surface area (Å²) < 4.78 is 12.7. The average molecular weight is 299 g/mol. The van der Waals surface area contributed by atoms with Crippen LogP contribution in [0.25, 0.3) is 0 Å². The normalized spacial score (nSPS) is 14.5. The van der Waals surface area contributed by atoms with Gasteiger partial charge in [-0.1, -0.05) is 36.4 Å². The van der Waals surface area contributed by atoms with Crippen molar-refractivity contribution in [2.75, 3.05) is 0 Å². The van der Waals surface area contributed by atoms with E-state index in [0.29, 0.717) is 15.4 Å². The molecular formula is C17H17NO2S. The Balaban J connectivity index is 2.35. The number of aliphatic hydroxyl groups is 1. The molecule has 4 heteroatoms. The zero-order chi connectivity index (χ0) is 15.2. The molecule has 2 atom stereocenters. The minimum atomic E-state index is -1.45. The minimum absolute atomic E-state index is 0.391. The fraction of sp³-hybridized carbons (Fsp3) is 0.118. The number of aromatic nitrogens is 1. The molecule has 0 fully saturated rings. The number of aryl methyl sites for hydroxylation is 1. The van der Waals surface area contributed by atoms with Gasteiger partial charge in [0.1, 0.15) is 6.10 Å². The number of rotatable bonds is 5. The first kappa shape index (κ1) is 15.4. The first-order chi connectivity index (χ1) is 10.1. The van der Waals surface area contributed by atoms with E-state index in [9.17, 15) is 9.32 Å². The zero-order valence-corrected chi connectivity index (χ0v) is 12.6. The third-order valence-corrected chi connectivity index (χ3v) is 4.49. The van der Waals surface area contributed by atoms with E-state index in [1.54, 1.807) is 42.7 Å². The van der Waals surface area contributed by atoms with Crippen molar-refractivity contribution in [3.8, 4) is 0 Å². The van der Waals surface area contributed by atoms with Gasteiger partial charge in [-0.25, -0.2) is 4.21 Å². The molecule has 0 aliphatic rings. The lowest BCUT2D eigenvalue weighted by molar-refractivity contribution is 0.223. The summed E-state index contributed by atoms with van der Waals surface area (Å²) in [5.74, 6) is 0. The number of nitrogens with zero attached hydrogens (tertiary/aromatic N) is 1. The number of aliphatic hydroxyl groups excluding tert-OH is 1. The second kappa shape index (κ2) is 7.11. The summed E-state index contributed by atoms with van der Waals surface area (Å²) in [6.45, 7) is 5.60. The van der Waals surface area contributed by atoms with Crippen molar-refractivity contribution in [2.45, 2.75) is 17.9 Å². The molecule has 0 radical (unpaired) electrons. The molecule has 3 nitrogen and oxygen atoms in total. The van der Waals surface area contributed by atoms with Crippen molar-refractivity contribution in [1.29, 1.82) is 0 Å². The van der Waals surface area contributed by atoms with Crippen LogP contribution in [0, 0.1) is 6.92 Å². The number of hydrogen-bond acceptors (Lipinski definition) is 3. The maximum atomic E-state index is 12.7. The Morgan fingerprint density at radius 1 is 1.33 bits per heavy atom. The smallest absolute Gasteiger partial charge is 0.114 e. The van der Waals surface area contributed by atoms with Gasteiger partial charge >= 0.3 is 0 Å². The quantitative estimate of drug-likeness (QED) is 0.862. The van der Waals surface area contributed by atoms with Crippen LogP contribution in [0.15, 0.2) is 77.3 Å².